The first-order valence-corrected chi connectivity index (χ1v) is 12.3. The zero-order valence-corrected chi connectivity index (χ0v) is 21.5. The molecule has 0 radical (unpaired) electrons. The third-order valence-corrected chi connectivity index (χ3v) is 7.03. The minimum atomic E-state index is -0.352. The van der Waals surface area contributed by atoms with Crippen LogP contribution in [-0.4, -0.2) is 33.2 Å². The lowest BCUT2D eigenvalue weighted by Crippen LogP contribution is -2.40. The maximum Gasteiger partial charge on any atom is 0.132 e. The molecule has 8 heteroatoms. The number of fused-ring (bicyclic) bond motifs is 1. The van der Waals surface area contributed by atoms with Crippen LogP contribution in [0.2, 0.25) is 5.02 Å². The number of nitrogens with one attached hydrogen (secondary N) is 2. The zero-order valence-electron chi connectivity index (χ0n) is 19.9. The zero-order chi connectivity index (χ0) is 24.6. The molecule has 34 heavy (non-hydrogen) atoms. The maximum absolute atomic E-state index is 9.02. The number of aromatic nitrogens is 2. The van der Waals surface area contributed by atoms with Gasteiger partial charge in [0, 0.05) is 29.4 Å². The maximum atomic E-state index is 9.02. The normalized spacial score (nSPS) is 15.5. The molecule has 0 saturated carbocycles. The summed E-state index contributed by atoms with van der Waals surface area (Å²) in [4.78, 5) is 7.73. The number of aliphatic imine (C=N–C) groups is 1. The SMILES string of the molecule is CC(=N)N1C(=N)[C@H](CC(C)C)N=C(c2ccc(Cl)cc2)c2c1sc(C#Cc1cnn(C)c1)c2C. The Morgan fingerprint density at radius 2 is 1.94 bits per heavy atom. The van der Waals surface area contributed by atoms with Crippen molar-refractivity contribution >= 4 is 45.3 Å². The second-order valence-corrected chi connectivity index (χ2v) is 10.3. The van der Waals surface area contributed by atoms with Crippen LogP contribution in [0.25, 0.3) is 0 Å². The van der Waals surface area contributed by atoms with Crippen LogP contribution in [0.4, 0.5) is 5.00 Å². The number of halogens is 1. The molecule has 1 aromatic carbocycles. The van der Waals surface area contributed by atoms with Crippen molar-refractivity contribution in [2.45, 2.75) is 40.2 Å². The Balaban J connectivity index is 1.95. The van der Waals surface area contributed by atoms with Gasteiger partial charge in [-0.2, -0.15) is 5.10 Å². The van der Waals surface area contributed by atoms with Crippen LogP contribution in [0.15, 0.2) is 41.7 Å². The summed E-state index contributed by atoms with van der Waals surface area (Å²) in [7, 11) is 1.86. The van der Waals surface area contributed by atoms with Crippen molar-refractivity contribution in [1.29, 1.82) is 10.8 Å². The summed E-state index contributed by atoms with van der Waals surface area (Å²) in [6.07, 6.45) is 4.34. The lowest BCUT2D eigenvalue weighted by molar-refractivity contribution is 0.559. The van der Waals surface area contributed by atoms with E-state index >= 15 is 0 Å². The van der Waals surface area contributed by atoms with E-state index in [1.807, 2.05) is 44.4 Å². The van der Waals surface area contributed by atoms with E-state index in [1.165, 1.54) is 11.3 Å². The second-order valence-electron chi connectivity index (χ2n) is 8.83. The first-order valence-electron chi connectivity index (χ1n) is 11.1. The Kier molecular flexibility index (Phi) is 6.74. The molecule has 0 amide bonds. The summed E-state index contributed by atoms with van der Waals surface area (Å²) >= 11 is 7.67. The summed E-state index contributed by atoms with van der Waals surface area (Å²) in [5.41, 5.74) is 4.50. The molecule has 6 nitrogen and oxygen atoms in total. The van der Waals surface area contributed by atoms with Gasteiger partial charge in [-0.1, -0.05) is 49.4 Å². The van der Waals surface area contributed by atoms with Crippen molar-refractivity contribution in [2.24, 2.45) is 18.0 Å². The molecule has 0 unspecified atom stereocenters. The van der Waals surface area contributed by atoms with Crippen molar-refractivity contribution in [2.75, 3.05) is 4.90 Å². The van der Waals surface area contributed by atoms with Gasteiger partial charge in [0.2, 0.25) is 0 Å². The Labute approximate surface area is 209 Å². The molecule has 0 fully saturated rings. The van der Waals surface area contributed by atoms with Gasteiger partial charge in [0.1, 0.15) is 22.7 Å². The van der Waals surface area contributed by atoms with E-state index in [-0.39, 0.29) is 6.04 Å². The predicted molar refractivity (Wildman–Crippen MR) is 142 cm³/mol. The van der Waals surface area contributed by atoms with Crippen molar-refractivity contribution < 1.29 is 0 Å². The van der Waals surface area contributed by atoms with Gasteiger partial charge in [-0.05, 0) is 43.9 Å². The third-order valence-electron chi connectivity index (χ3n) is 5.58. The van der Waals surface area contributed by atoms with Crippen molar-refractivity contribution in [3.05, 3.63) is 68.8 Å². The second kappa shape index (κ2) is 9.57. The number of hydrogen-bond donors (Lipinski definition) is 2. The standard InChI is InChI=1S/C26H27ClN6S/c1-15(2)12-21-25(29)33(17(4)28)26-23(24(31-21)19-7-9-20(27)10-8-19)16(3)22(34-26)11-6-18-13-30-32(5)14-18/h7-10,13-15,21,28-29H,12H2,1-5H3/t21-/m0/s1. The van der Waals surface area contributed by atoms with Gasteiger partial charge in [-0.15, -0.1) is 11.3 Å². The minimum Gasteiger partial charge on any atom is -0.288 e. The number of thiophene rings is 1. The van der Waals surface area contributed by atoms with Crippen molar-refractivity contribution in [3.63, 3.8) is 0 Å². The summed E-state index contributed by atoms with van der Waals surface area (Å²) in [5.74, 6) is 7.45. The average molecular weight is 491 g/mol. The van der Waals surface area contributed by atoms with Gasteiger partial charge in [-0.25, -0.2) is 0 Å². The quantitative estimate of drug-likeness (QED) is 0.272. The molecule has 174 valence electrons. The molecular formula is C26H27ClN6S. The van der Waals surface area contributed by atoms with Crippen LogP contribution in [0, 0.1) is 35.5 Å². The lowest BCUT2D eigenvalue weighted by Gasteiger charge is -2.25. The number of rotatable bonds is 3. The predicted octanol–water partition coefficient (Wildman–Crippen LogP) is 5.89. The largest absolute Gasteiger partial charge is 0.288 e. The number of aryl methyl sites for hydroxylation is 1. The highest BCUT2D eigenvalue weighted by atomic mass is 35.5. The number of benzene rings is 1. The Morgan fingerprint density at radius 3 is 2.53 bits per heavy atom. The number of amidine groups is 2. The number of anilines is 1. The van der Waals surface area contributed by atoms with Crippen molar-refractivity contribution in [3.8, 4) is 11.8 Å². The Hall–Kier alpha value is -3.21. The highest BCUT2D eigenvalue weighted by Crippen LogP contribution is 2.40. The van der Waals surface area contributed by atoms with E-state index in [1.54, 1.807) is 22.7 Å². The van der Waals surface area contributed by atoms with Gasteiger partial charge in [0.05, 0.1) is 22.3 Å². The van der Waals surface area contributed by atoms with Gasteiger partial charge in [-0.3, -0.25) is 25.4 Å². The molecule has 3 heterocycles. The molecule has 0 saturated heterocycles. The van der Waals surface area contributed by atoms with E-state index in [9.17, 15) is 0 Å². The van der Waals surface area contributed by atoms with E-state index in [0.717, 1.165) is 44.3 Å². The summed E-state index contributed by atoms with van der Waals surface area (Å²) in [6, 6.07) is 7.29. The van der Waals surface area contributed by atoms with Crippen LogP contribution in [-0.2, 0) is 7.05 Å². The minimum absolute atomic E-state index is 0.292. The molecular weight excluding hydrogens is 464 g/mol. The van der Waals surface area contributed by atoms with Crippen LogP contribution in [0.5, 0.6) is 0 Å². The molecule has 3 aromatic rings. The molecule has 0 bridgehead atoms. The van der Waals surface area contributed by atoms with Gasteiger partial charge in [0.25, 0.3) is 0 Å². The lowest BCUT2D eigenvalue weighted by atomic mass is 9.99. The van der Waals surface area contributed by atoms with Crippen LogP contribution < -0.4 is 4.90 Å². The molecule has 2 aromatic heterocycles. The molecule has 1 aliphatic heterocycles. The smallest absolute Gasteiger partial charge is 0.132 e. The molecule has 0 spiro atoms. The fraction of sp³-hybridized carbons (Fsp3) is 0.308. The third kappa shape index (κ3) is 4.70. The molecule has 0 aliphatic carbocycles. The number of hydrogen-bond acceptors (Lipinski definition) is 5. The summed E-state index contributed by atoms with van der Waals surface area (Å²) in [6.45, 7) is 8.01. The summed E-state index contributed by atoms with van der Waals surface area (Å²) < 4.78 is 1.72. The van der Waals surface area contributed by atoms with E-state index in [2.05, 4.69) is 30.8 Å². The fourth-order valence-corrected chi connectivity index (χ4v) is 5.33. The molecule has 1 aliphatic rings. The molecule has 4 rings (SSSR count). The first kappa shape index (κ1) is 23.9. The van der Waals surface area contributed by atoms with Gasteiger partial charge < -0.3 is 0 Å². The average Bonchev–Trinajstić information content (AvgIpc) is 3.29. The first-order chi connectivity index (χ1) is 16.2. The molecule has 2 N–H and O–H groups in total. The molecule has 1 atom stereocenters. The Morgan fingerprint density at radius 1 is 1.24 bits per heavy atom. The highest BCUT2D eigenvalue weighted by Gasteiger charge is 2.34. The van der Waals surface area contributed by atoms with Crippen LogP contribution in [0.1, 0.15) is 54.3 Å². The summed E-state index contributed by atoms with van der Waals surface area (Å²) in [5, 5.41) is 23.2. The van der Waals surface area contributed by atoms with E-state index < -0.39 is 0 Å². The van der Waals surface area contributed by atoms with Crippen molar-refractivity contribution in [1.82, 2.24) is 9.78 Å². The van der Waals surface area contributed by atoms with Crippen LogP contribution in [0.3, 0.4) is 0 Å². The van der Waals surface area contributed by atoms with E-state index in [0.29, 0.717) is 22.6 Å². The number of nitrogens with zero attached hydrogens (tertiary/aromatic N) is 4. The monoisotopic (exact) mass is 490 g/mol. The Bertz CT molecular complexity index is 1350. The highest BCUT2D eigenvalue weighted by molar-refractivity contribution is 7.17. The van der Waals surface area contributed by atoms with Gasteiger partial charge >= 0.3 is 0 Å². The van der Waals surface area contributed by atoms with E-state index in [4.69, 9.17) is 27.4 Å². The fourth-order valence-electron chi connectivity index (χ4n) is 3.98. The van der Waals surface area contributed by atoms with Gasteiger partial charge in [0.15, 0.2) is 0 Å². The van der Waals surface area contributed by atoms with Crippen LogP contribution >= 0.6 is 22.9 Å². The topological polar surface area (TPSA) is 81.1 Å².